The Morgan fingerprint density at radius 2 is 1.60 bits per heavy atom. The molecule has 4 rings (SSSR count). The molecule has 25 heavy (non-hydrogen) atoms. The minimum Gasteiger partial charge on any atom is -0.334 e. The summed E-state index contributed by atoms with van der Waals surface area (Å²) in [4.78, 5) is 6.01. The van der Waals surface area contributed by atoms with Crippen molar-refractivity contribution in [2.24, 2.45) is 4.99 Å². The number of nitrogens with zero attached hydrogens (tertiary/aromatic N) is 1. The van der Waals surface area contributed by atoms with Gasteiger partial charge in [-0.3, -0.25) is 0 Å². The fourth-order valence-electron chi connectivity index (χ4n) is 2.74. The Bertz CT molecular complexity index is 944. The van der Waals surface area contributed by atoms with Crippen LogP contribution in [0.3, 0.4) is 0 Å². The molecule has 122 valence electrons. The molecule has 0 radical (unpaired) electrons. The lowest BCUT2D eigenvalue weighted by Gasteiger charge is -2.19. The lowest BCUT2D eigenvalue weighted by atomic mass is 10.1. The van der Waals surface area contributed by atoms with Crippen LogP contribution in [-0.4, -0.2) is 5.17 Å². The normalized spacial score (nSPS) is 14.8. The maximum absolute atomic E-state index is 4.80. The molecule has 0 atom stereocenters. The molecular formula is C22H18N2S. The zero-order valence-corrected chi connectivity index (χ0v) is 14.8. The quantitative estimate of drug-likeness (QED) is 0.587. The van der Waals surface area contributed by atoms with Crippen LogP contribution in [0, 0.1) is 6.92 Å². The van der Waals surface area contributed by atoms with Crippen molar-refractivity contribution >= 4 is 39.3 Å². The van der Waals surface area contributed by atoms with Crippen LogP contribution in [0.4, 0.5) is 11.4 Å². The number of rotatable bonds is 2. The molecule has 1 heterocycles. The Labute approximate surface area is 152 Å². The third-order valence-electron chi connectivity index (χ3n) is 3.97. The number of hydrogen-bond donors (Lipinski definition) is 1. The van der Waals surface area contributed by atoms with E-state index in [2.05, 4.69) is 60.8 Å². The molecule has 3 heteroatoms. The van der Waals surface area contributed by atoms with Gasteiger partial charge in [0.05, 0.1) is 5.69 Å². The molecule has 0 fully saturated rings. The highest BCUT2D eigenvalue weighted by Crippen LogP contribution is 2.42. The summed E-state index contributed by atoms with van der Waals surface area (Å²) >= 11 is 1.67. The van der Waals surface area contributed by atoms with Crippen LogP contribution in [-0.2, 0) is 0 Å². The van der Waals surface area contributed by atoms with Crippen LogP contribution in [0.2, 0.25) is 0 Å². The molecular weight excluding hydrogens is 324 g/mol. The number of amidine groups is 1. The first-order valence-corrected chi connectivity index (χ1v) is 9.06. The Kier molecular flexibility index (Phi) is 4.40. The van der Waals surface area contributed by atoms with Gasteiger partial charge in [-0.15, -0.1) is 0 Å². The van der Waals surface area contributed by atoms with Crippen molar-refractivity contribution in [3.05, 3.63) is 95.6 Å². The summed E-state index contributed by atoms with van der Waals surface area (Å²) < 4.78 is 0. The molecule has 0 aromatic heterocycles. The zero-order valence-electron chi connectivity index (χ0n) is 13.9. The van der Waals surface area contributed by atoms with E-state index < -0.39 is 0 Å². The molecule has 1 aliphatic rings. The van der Waals surface area contributed by atoms with E-state index in [4.69, 9.17) is 4.99 Å². The molecule has 0 amide bonds. The van der Waals surface area contributed by atoms with Crippen molar-refractivity contribution in [1.29, 1.82) is 0 Å². The predicted molar refractivity (Wildman–Crippen MR) is 110 cm³/mol. The van der Waals surface area contributed by atoms with Gasteiger partial charge in [-0.05, 0) is 42.8 Å². The van der Waals surface area contributed by atoms with Gasteiger partial charge in [0, 0.05) is 16.2 Å². The van der Waals surface area contributed by atoms with Crippen molar-refractivity contribution in [1.82, 2.24) is 0 Å². The van der Waals surface area contributed by atoms with E-state index in [0.29, 0.717) is 0 Å². The van der Waals surface area contributed by atoms with Crippen LogP contribution >= 0.6 is 11.8 Å². The van der Waals surface area contributed by atoms with E-state index in [0.717, 1.165) is 16.5 Å². The highest BCUT2D eigenvalue weighted by molar-refractivity contribution is 8.22. The second-order valence-corrected chi connectivity index (χ2v) is 6.98. The van der Waals surface area contributed by atoms with Crippen molar-refractivity contribution < 1.29 is 0 Å². The minimum atomic E-state index is 0.893. The number of aliphatic imine (C=N–C) groups is 1. The maximum atomic E-state index is 4.80. The van der Waals surface area contributed by atoms with E-state index in [-0.39, 0.29) is 0 Å². The SMILES string of the molecule is Cc1ccc2c(c1)/C(=C/c1ccccc1)SC(Nc1ccccc1)=N2. The summed E-state index contributed by atoms with van der Waals surface area (Å²) in [6.07, 6.45) is 2.23. The topological polar surface area (TPSA) is 24.4 Å². The molecule has 2 nitrogen and oxygen atoms in total. The largest absolute Gasteiger partial charge is 0.334 e. The summed E-state index contributed by atoms with van der Waals surface area (Å²) in [6.45, 7) is 2.12. The average Bonchev–Trinajstić information content (AvgIpc) is 2.64. The lowest BCUT2D eigenvalue weighted by Crippen LogP contribution is -2.10. The Hall–Kier alpha value is -2.78. The van der Waals surface area contributed by atoms with Gasteiger partial charge in [0.25, 0.3) is 0 Å². The van der Waals surface area contributed by atoms with E-state index in [1.807, 2.05) is 36.4 Å². The molecule has 0 aliphatic carbocycles. The zero-order chi connectivity index (χ0) is 17.1. The number of anilines is 1. The standard InChI is InChI=1S/C22H18N2S/c1-16-12-13-20-19(14-16)21(15-17-8-4-2-5-9-17)25-22(24-20)23-18-10-6-3-7-11-18/h2-15H,1H3,(H,23,24)/b21-15-. The molecule has 1 N–H and O–H groups in total. The van der Waals surface area contributed by atoms with Gasteiger partial charge in [-0.2, -0.15) is 0 Å². The lowest BCUT2D eigenvalue weighted by molar-refractivity contribution is 1.41. The number of benzene rings is 3. The molecule has 0 saturated heterocycles. The van der Waals surface area contributed by atoms with E-state index in [1.165, 1.54) is 21.6 Å². The van der Waals surface area contributed by atoms with Gasteiger partial charge < -0.3 is 5.32 Å². The molecule has 3 aromatic carbocycles. The van der Waals surface area contributed by atoms with Gasteiger partial charge in [-0.25, -0.2) is 4.99 Å². The fraction of sp³-hybridized carbons (Fsp3) is 0.0455. The van der Waals surface area contributed by atoms with Crippen LogP contribution < -0.4 is 5.32 Å². The summed E-state index contributed by atoms with van der Waals surface area (Å²) in [5.74, 6) is 0. The molecule has 1 aliphatic heterocycles. The monoisotopic (exact) mass is 342 g/mol. The van der Waals surface area contributed by atoms with Gasteiger partial charge in [0.2, 0.25) is 0 Å². The molecule has 0 saturated carbocycles. The number of nitrogens with one attached hydrogen (secondary N) is 1. The van der Waals surface area contributed by atoms with Crippen molar-refractivity contribution in [2.45, 2.75) is 6.92 Å². The minimum absolute atomic E-state index is 0.893. The van der Waals surface area contributed by atoms with Gasteiger partial charge in [-0.1, -0.05) is 71.9 Å². The second kappa shape index (κ2) is 6.99. The summed E-state index contributed by atoms with van der Waals surface area (Å²) in [7, 11) is 0. The van der Waals surface area contributed by atoms with Gasteiger partial charge >= 0.3 is 0 Å². The van der Waals surface area contributed by atoms with Crippen LogP contribution in [0.1, 0.15) is 16.7 Å². The van der Waals surface area contributed by atoms with E-state index in [1.54, 1.807) is 11.8 Å². The highest BCUT2D eigenvalue weighted by Gasteiger charge is 2.18. The van der Waals surface area contributed by atoms with E-state index in [9.17, 15) is 0 Å². The molecule has 0 spiro atoms. The Balaban J connectivity index is 1.74. The number of para-hydroxylation sites is 1. The first-order valence-electron chi connectivity index (χ1n) is 8.24. The third kappa shape index (κ3) is 3.67. The Morgan fingerprint density at radius 1 is 0.880 bits per heavy atom. The summed E-state index contributed by atoms with van der Waals surface area (Å²) in [5.41, 5.74) is 5.67. The van der Waals surface area contributed by atoms with Gasteiger partial charge in [0.1, 0.15) is 0 Å². The first kappa shape index (κ1) is 15.7. The second-order valence-electron chi connectivity index (χ2n) is 5.95. The van der Waals surface area contributed by atoms with Gasteiger partial charge in [0.15, 0.2) is 5.17 Å². The maximum Gasteiger partial charge on any atom is 0.171 e. The van der Waals surface area contributed by atoms with E-state index >= 15 is 0 Å². The molecule has 3 aromatic rings. The average molecular weight is 342 g/mol. The molecule has 0 unspecified atom stereocenters. The first-order chi connectivity index (χ1) is 12.3. The smallest absolute Gasteiger partial charge is 0.171 e. The Morgan fingerprint density at radius 3 is 2.36 bits per heavy atom. The van der Waals surface area contributed by atoms with Crippen molar-refractivity contribution in [2.75, 3.05) is 5.32 Å². The highest BCUT2D eigenvalue weighted by atomic mass is 32.2. The van der Waals surface area contributed by atoms with Crippen molar-refractivity contribution in [3.8, 4) is 0 Å². The summed E-state index contributed by atoms with van der Waals surface area (Å²) in [6, 6.07) is 27.0. The molecule has 0 bridgehead atoms. The fourth-order valence-corrected chi connectivity index (χ4v) is 3.73. The van der Waals surface area contributed by atoms with Crippen LogP contribution in [0.5, 0.6) is 0 Å². The third-order valence-corrected chi connectivity index (χ3v) is 4.91. The van der Waals surface area contributed by atoms with Crippen LogP contribution in [0.15, 0.2) is 83.9 Å². The van der Waals surface area contributed by atoms with Crippen LogP contribution in [0.25, 0.3) is 11.0 Å². The number of hydrogen-bond acceptors (Lipinski definition) is 3. The number of fused-ring (bicyclic) bond motifs is 1. The predicted octanol–water partition coefficient (Wildman–Crippen LogP) is 6.34. The number of thioether (sulfide) groups is 1. The van der Waals surface area contributed by atoms with Crippen molar-refractivity contribution in [3.63, 3.8) is 0 Å². The number of aryl methyl sites for hydroxylation is 1. The summed E-state index contributed by atoms with van der Waals surface area (Å²) in [5, 5.41) is 4.32.